The summed E-state index contributed by atoms with van der Waals surface area (Å²) in [5, 5.41) is 9.86. The number of amides is 1. The number of aliphatic carboxylic acids is 1. The maximum Gasteiger partial charge on any atom is 0.410 e. The van der Waals surface area contributed by atoms with Crippen LogP contribution in [0.4, 0.5) is 4.79 Å². The van der Waals surface area contributed by atoms with Gasteiger partial charge in [-0.1, -0.05) is 42.5 Å². The van der Waals surface area contributed by atoms with Crippen LogP contribution in [-0.4, -0.2) is 40.8 Å². The number of nitrogens with zero attached hydrogens (tertiary/aromatic N) is 1. The van der Waals surface area contributed by atoms with Crippen molar-refractivity contribution in [3.05, 3.63) is 65.7 Å². The standard InChI is InChI=1S/C25H31NO5/c1-25(2,3)31-24(29)26-13-12-20(16-26)22(23(27)28)15-19-10-7-11-21(14-19)30-17-18-8-5-4-6-9-18/h4-11,14,20,22H,12-13,15-17H2,1-3H3,(H,27,28)/t20-,22?/m0/s1. The highest BCUT2D eigenvalue weighted by Gasteiger charge is 2.37. The van der Waals surface area contributed by atoms with Gasteiger partial charge in [-0.05, 0) is 62.8 Å². The van der Waals surface area contributed by atoms with Crippen molar-refractivity contribution in [2.24, 2.45) is 11.8 Å². The molecule has 1 saturated heterocycles. The number of rotatable bonds is 7. The molecule has 6 heteroatoms. The van der Waals surface area contributed by atoms with E-state index in [1.807, 2.05) is 75.4 Å². The number of likely N-dealkylation sites (tertiary alicyclic amines) is 1. The zero-order valence-electron chi connectivity index (χ0n) is 18.4. The molecular weight excluding hydrogens is 394 g/mol. The number of carbonyl (C=O) groups is 2. The number of hydrogen-bond donors (Lipinski definition) is 1. The molecule has 1 amide bonds. The zero-order chi connectivity index (χ0) is 22.4. The molecule has 0 aromatic heterocycles. The molecule has 1 fully saturated rings. The molecule has 2 aromatic rings. The minimum atomic E-state index is -0.841. The van der Waals surface area contributed by atoms with Crippen LogP contribution in [0.15, 0.2) is 54.6 Å². The highest BCUT2D eigenvalue weighted by Crippen LogP contribution is 2.29. The molecule has 166 valence electrons. The highest BCUT2D eigenvalue weighted by atomic mass is 16.6. The second-order valence-corrected chi connectivity index (χ2v) is 9.05. The molecule has 1 heterocycles. The van der Waals surface area contributed by atoms with Gasteiger partial charge < -0.3 is 19.5 Å². The maximum absolute atomic E-state index is 12.3. The van der Waals surface area contributed by atoms with Crippen molar-refractivity contribution in [3.63, 3.8) is 0 Å². The smallest absolute Gasteiger partial charge is 0.410 e. The van der Waals surface area contributed by atoms with Gasteiger partial charge in [0.25, 0.3) is 0 Å². The van der Waals surface area contributed by atoms with Crippen molar-refractivity contribution in [1.29, 1.82) is 0 Å². The van der Waals surface area contributed by atoms with Crippen molar-refractivity contribution >= 4 is 12.1 Å². The molecule has 0 saturated carbocycles. The summed E-state index contributed by atoms with van der Waals surface area (Å²) in [5.41, 5.74) is 1.42. The van der Waals surface area contributed by atoms with Crippen molar-refractivity contribution in [2.45, 2.75) is 45.8 Å². The predicted octanol–water partition coefficient (Wildman–Crippen LogP) is 4.77. The highest BCUT2D eigenvalue weighted by molar-refractivity contribution is 5.72. The third kappa shape index (κ3) is 6.74. The number of carboxylic acids is 1. The Bertz CT molecular complexity index is 890. The lowest BCUT2D eigenvalue weighted by molar-refractivity contribution is -0.143. The predicted molar refractivity (Wildman–Crippen MR) is 118 cm³/mol. The van der Waals surface area contributed by atoms with Crippen LogP contribution < -0.4 is 4.74 Å². The van der Waals surface area contributed by atoms with Crippen molar-refractivity contribution in [1.82, 2.24) is 4.90 Å². The second kappa shape index (κ2) is 9.86. The average molecular weight is 426 g/mol. The first kappa shape index (κ1) is 22.7. The van der Waals surface area contributed by atoms with Crippen LogP contribution in [0.5, 0.6) is 5.75 Å². The minimum absolute atomic E-state index is 0.112. The minimum Gasteiger partial charge on any atom is -0.489 e. The van der Waals surface area contributed by atoms with Crippen molar-refractivity contribution in [2.75, 3.05) is 13.1 Å². The van der Waals surface area contributed by atoms with Crippen molar-refractivity contribution < 1.29 is 24.2 Å². The van der Waals surface area contributed by atoms with Gasteiger partial charge in [0.2, 0.25) is 0 Å². The summed E-state index contributed by atoms with van der Waals surface area (Å²) in [4.78, 5) is 26.0. The molecule has 0 aliphatic carbocycles. The monoisotopic (exact) mass is 425 g/mol. The van der Waals surface area contributed by atoms with Crippen LogP contribution in [0, 0.1) is 11.8 Å². The molecule has 0 bridgehead atoms. The van der Waals surface area contributed by atoms with Gasteiger partial charge in [-0.15, -0.1) is 0 Å². The molecule has 0 spiro atoms. The number of carboxylic acid groups (broad SMARTS) is 1. The van der Waals surface area contributed by atoms with Gasteiger partial charge in [0, 0.05) is 13.1 Å². The fraction of sp³-hybridized carbons (Fsp3) is 0.440. The summed E-state index contributed by atoms with van der Waals surface area (Å²) in [6.07, 6.45) is 0.668. The lowest BCUT2D eigenvalue weighted by Crippen LogP contribution is -2.36. The number of carbonyl (C=O) groups excluding carboxylic acids is 1. The normalized spacial score (nSPS) is 17.3. The topological polar surface area (TPSA) is 76.1 Å². The van der Waals surface area contributed by atoms with E-state index in [1.165, 1.54) is 0 Å². The van der Waals surface area contributed by atoms with Crippen LogP contribution in [-0.2, 0) is 22.6 Å². The van der Waals surface area contributed by atoms with E-state index in [1.54, 1.807) is 4.90 Å². The summed E-state index contributed by atoms with van der Waals surface area (Å²) < 4.78 is 11.3. The Labute approximate surface area is 183 Å². The molecule has 0 radical (unpaired) electrons. The molecule has 1 N–H and O–H groups in total. The van der Waals surface area contributed by atoms with E-state index < -0.39 is 17.5 Å². The molecule has 6 nitrogen and oxygen atoms in total. The van der Waals surface area contributed by atoms with Gasteiger partial charge in [0.1, 0.15) is 18.0 Å². The summed E-state index contributed by atoms with van der Waals surface area (Å²) in [6, 6.07) is 17.5. The molecule has 31 heavy (non-hydrogen) atoms. The van der Waals surface area contributed by atoms with E-state index in [2.05, 4.69) is 0 Å². The van der Waals surface area contributed by atoms with E-state index >= 15 is 0 Å². The Balaban J connectivity index is 1.61. The lowest BCUT2D eigenvalue weighted by atomic mass is 9.86. The Morgan fingerprint density at radius 1 is 1.10 bits per heavy atom. The first-order chi connectivity index (χ1) is 14.7. The Morgan fingerprint density at radius 2 is 1.81 bits per heavy atom. The Hall–Kier alpha value is -3.02. The number of hydrogen-bond acceptors (Lipinski definition) is 4. The van der Waals surface area contributed by atoms with Gasteiger partial charge in [0.05, 0.1) is 5.92 Å². The maximum atomic E-state index is 12.3. The van der Waals surface area contributed by atoms with Gasteiger partial charge in [0.15, 0.2) is 0 Å². The van der Waals surface area contributed by atoms with Gasteiger partial charge >= 0.3 is 12.1 Å². The summed E-state index contributed by atoms with van der Waals surface area (Å²) >= 11 is 0. The van der Waals surface area contributed by atoms with E-state index in [0.717, 1.165) is 11.1 Å². The molecule has 2 aromatic carbocycles. The van der Waals surface area contributed by atoms with Gasteiger partial charge in [-0.2, -0.15) is 0 Å². The fourth-order valence-corrected chi connectivity index (χ4v) is 3.82. The van der Waals surface area contributed by atoms with Crippen LogP contribution in [0.3, 0.4) is 0 Å². The van der Waals surface area contributed by atoms with E-state index in [4.69, 9.17) is 9.47 Å². The molecule has 1 aliphatic rings. The summed E-state index contributed by atoms with van der Waals surface area (Å²) in [6.45, 7) is 6.85. The Morgan fingerprint density at radius 3 is 2.48 bits per heavy atom. The van der Waals surface area contributed by atoms with Crippen LogP contribution in [0.25, 0.3) is 0 Å². The van der Waals surface area contributed by atoms with Crippen LogP contribution >= 0.6 is 0 Å². The fourth-order valence-electron chi connectivity index (χ4n) is 3.82. The zero-order valence-corrected chi connectivity index (χ0v) is 18.4. The van der Waals surface area contributed by atoms with Crippen molar-refractivity contribution in [3.8, 4) is 5.75 Å². The lowest BCUT2D eigenvalue weighted by Gasteiger charge is -2.25. The van der Waals surface area contributed by atoms with Gasteiger partial charge in [-0.3, -0.25) is 4.79 Å². The van der Waals surface area contributed by atoms with Crippen LogP contribution in [0.2, 0.25) is 0 Å². The van der Waals surface area contributed by atoms with E-state index in [9.17, 15) is 14.7 Å². The average Bonchev–Trinajstić information content (AvgIpc) is 3.20. The first-order valence-corrected chi connectivity index (χ1v) is 10.7. The molecule has 1 aliphatic heterocycles. The quantitative estimate of drug-likeness (QED) is 0.692. The number of benzene rings is 2. The molecule has 1 unspecified atom stereocenters. The Kier molecular flexibility index (Phi) is 7.21. The second-order valence-electron chi connectivity index (χ2n) is 9.05. The SMILES string of the molecule is CC(C)(C)OC(=O)N1CC[C@H](C(Cc2cccc(OCc3ccccc3)c2)C(=O)O)C1. The van der Waals surface area contributed by atoms with Gasteiger partial charge in [-0.25, -0.2) is 4.79 Å². The van der Waals surface area contributed by atoms with E-state index in [0.29, 0.717) is 38.3 Å². The molecular formula is C25H31NO5. The number of ether oxygens (including phenoxy) is 2. The first-order valence-electron chi connectivity index (χ1n) is 10.7. The summed E-state index contributed by atoms with van der Waals surface area (Å²) in [7, 11) is 0. The van der Waals surface area contributed by atoms with Crippen LogP contribution in [0.1, 0.15) is 38.3 Å². The summed E-state index contributed by atoms with van der Waals surface area (Å²) in [5.74, 6) is -0.810. The molecule has 3 rings (SSSR count). The third-order valence-electron chi connectivity index (χ3n) is 5.37. The van der Waals surface area contributed by atoms with E-state index in [-0.39, 0.29) is 12.0 Å². The largest absolute Gasteiger partial charge is 0.489 e. The third-order valence-corrected chi connectivity index (χ3v) is 5.37. The molecule has 2 atom stereocenters.